The molecule has 2 rings (SSSR count). The highest BCUT2D eigenvalue weighted by molar-refractivity contribution is 4.96. The second-order valence-corrected chi connectivity index (χ2v) is 4.17. The van der Waals surface area contributed by atoms with Crippen LogP contribution in [0.25, 0.3) is 0 Å². The summed E-state index contributed by atoms with van der Waals surface area (Å²) in [7, 11) is 0. The molecule has 0 unspecified atom stereocenters. The Bertz CT molecular complexity index is 319. The molecule has 4 nitrogen and oxygen atoms in total. The first-order chi connectivity index (χ1) is 7.81. The van der Waals surface area contributed by atoms with Crippen LogP contribution >= 0.6 is 0 Å². The Labute approximate surface area is 96.6 Å². The van der Waals surface area contributed by atoms with E-state index in [-0.39, 0.29) is 6.10 Å². The quantitative estimate of drug-likeness (QED) is 0.769. The van der Waals surface area contributed by atoms with Crippen LogP contribution in [0.4, 0.5) is 0 Å². The fourth-order valence-electron chi connectivity index (χ4n) is 2.17. The molecular weight excluding hydrogens is 204 g/mol. The number of imidazole rings is 1. The number of nitrogens with zero attached hydrogens (tertiary/aromatic N) is 2. The lowest BCUT2D eigenvalue weighted by molar-refractivity contribution is 0.0609. The first-order valence-corrected chi connectivity index (χ1v) is 6.05. The van der Waals surface area contributed by atoms with Crippen LogP contribution in [-0.2, 0) is 16.0 Å². The summed E-state index contributed by atoms with van der Waals surface area (Å²) >= 11 is 0. The van der Waals surface area contributed by atoms with Gasteiger partial charge in [-0.2, -0.15) is 0 Å². The molecule has 1 aromatic rings. The molecule has 4 heteroatoms. The van der Waals surface area contributed by atoms with Crippen molar-refractivity contribution in [2.75, 3.05) is 13.2 Å². The van der Waals surface area contributed by atoms with E-state index in [1.807, 2.05) is 26.2 Å². The zero-order valence-electron chi connectivity index (χ0n) is 10.1. The predicted octanol–water partition coefficient (Wildman–Crippen LogP) is 2.16. The number of hydrogen-bond donors (Lipinski definition) is 0. The number of rotatable bonds is 5. The van der Waals surface area contributed by atoms with Gasteiger partial charge in [0.05, 0.1) is 12.6 Å². The van der Waals surface area contributed by atoms with E-state index in [1.165, 1.54) is 6.42 Å². The Morgan fingerprint density at radius 2 is 2.56 bits per heavy atom. The Balaban J connectivity index is 2.00. The summed E-state index contributed by atoms with van der Waals surface area (Å²) in [5.74, 6) is 0.998. The molecular formula is C12H20N2O2. The monoisotopic (exact) mass is 224 g/mol. The zero-order valence-corrected chi connectivity index (χ0v) is 10.1. The van der Waals surface area contributed by atoms with E-state index < -0.39 is 0 Å². The third-order valence-corrected chi connectivity index (χ3v) is 2.95. The normalized spacial score (nSPS) is 22.5. The minimum absolute atomic E-state index is 0.0569. The summed E-state index contributed by atoms with van der Waals surface area (Å²) in [5, 5.41) is 0. The summed E-state index contributed by atoms with van der Waals surface area (Å²) < 4.78 is 13.3. The number of hydrogen-bond acceptors (Lipinski definition) is 3. The molecule has 0 saturated carbocycles. The van der Waals surface area contributed by atoms with Gasteiger partial charge in [-0.1, -0.05) is 0 Å². The van der Waals surface area contributed by atoms with Crippen molar-refractivity contribution in [1.29, 1.82) is 0 Å². The van der Waals surface area contributed by atoms with Crippen molar-refractivity contribution in [3.05, 3.63) is 18.2 Å². The number of aromatic nitrogens is 2. The van der Waals surface area contributed by atoms with Crippen LogP contribution in [0.3, 0.4) is 0 Å². The van der Waals surface area contributed by atoms with Gasteiger partial charge in [0, 0.05) is 25.6 Å². The minimum Gasteiger partial charge on any atom is -0.376 e. The molecule has 0 bridgehead atoms. The molecule has 1 aliphatic heterocycles. The zero-order chi connectivity index (χ0) is 11.4. The first-order valence-electron chi connectivity index (χ1n) is 6.05. The second kappa shape index (κ2) is 5.46. The molecule has 0 aliphatic carbocycles. The summed E-state index contributed by atoms with van der Waals surface area (Å²) in [6.07, 6.45) is 6.58. The lowest BCUT2D eigenvalue weighted by Gasteiger charge is -2.16. The van der Waals surface area contributed by atoms with E-state index in [0.29, 0.717) is 12.7 Å². The molecule has 16 heavy (non-hydrogen) atoms. The second-order valence-electron chi connectivity index (χ2n) is 4.17. The standard InChI is InChI=1S/C12H20N2O2/c1-3-15-10(2)12-13-6-7-14(12)9-11-5-4-8-16-11/h6-7,10-11H,3-5,8-9H2,1-2H3/t10-,11+/m0/s1. The van der Waals surface area contributed by atoms with Crippen LogP contribution in [0.2, 0.25) is 0 Å². The molecule has 2 atom stereocenters. The summed E-state index contributed by atoms with van der Waals surface area (Å²) in [6, 6.07) is 0. The highest BCUT2D eigenvalue weighted by atomic mass is 16.5. The Kier molecular flexibility index (Phi) is 3.96. The van der Waals surface area contributed by atoms with E-state index in [4.69, 9.17) is 9.47 Å². The smallest absolute Gasteiger partial charge is 0.137 e. The van der Waals surface area contributed by atoms with E-state index in [2.05, 4.69) is 9.55 Å². The summed E-state index contributed by atoms with van der Waals surface area (Å²) in [6.45, 7) is 6.55. The maximum atomic E-state index is 5.63. The van der Waals surface area contributed by atoms with Crippen molar-refractivity contribution < 1.29 is 9.47 Å². The Morgan fingerprint density at radius 3 is 3.25 bits per heavy atom. The maximum absolute atomic E-state index is 5.63. The molecule has 90 valence electrons. The van der Waals surface area contributed by atoms with E-state index in [9.17, 15) is 0 Å². The highest BCUT2D eigenvalue weighted by Crippen LogP contribution is 2.19. The van der Waals surface area contributed by atoms with Crippen LogP contribution in [-0.4, -0.2) is 28.9 Å². The van der Waals surface area contributed by atoms with Crippen LogP contribution < -0.4 is 0 Å². The Hall–Kier alpha value is -0.870. The molecule has 1 fully saturated rings. The molecule has 1 aromatic heterocycles. The van der Waals surface area contributed by atoms with Crippen molar-refractivity contribution in [3.8, 4) is 0 Å². The lowest BCUT2D eigenvalue weighted by atomic mass is 10.2. The fourth-order valence-corrected chi connectivity index (χ4v) is 2.17. The third kappa shape index (κ3) is 2.62. The SMILES string of the molecule is CCO[C@@H](C)c1nccn1C[C@H]1CCCO1. The van der Waals surface area contributed by atoms with Gasteiger partial charge in [0.1, 0.15) is 11.9 Å². The van der Waals surface area contributed by atoms with Crippen LogP contribution in [0.5, 0.6) is 0 Å². The topological polar surface area (TPSA) is 36.3 Å². The van der Waals surface area contributed by atoms with Gasteiger partial charge in [-0.3, -0.25) is 0 Å². The van der Waals surface area contributed by atoms with E-state index >= 15 is 0 Å². The van der Waals surface area contributed by atoms with Gasteiger partial charge in [0.2, 0.25) is 0 Å². The van der Waals surface area contributed by atoms with E-state index in [0.717, 1.165) is 25.4 Å². The third-order valence-electron chi connectivity index (χ3n) is 2.95. The van der Waals surface area contributed by atoms with Gasteiger partial charge < -0.3 is 14.0 Å². The van der Waals surface area contributed by atoms with Gasteiger partial charge >= 0.3 is 0 Å². The van der Waals surface area contributed by atoms with Crippen molar-refractivity contribution in [2.45, 2.75) is 45.4 Å². The molecule has 0 N–H and O–H groups in total. The van der Waals surface area contributed by atoms with Crippen LogP contribution in [0.15, 0.2) is 12.4 Å². The van der Waals surface area contributed by atoms with Crippen LogP contribution in [0.1, 0.15) is 38.6 Å². The minimum atomic E-state index is 0.0569. The molecule has 1 saturated heterocycles. The van der Waals surface area contributed by atoms with Gasteiger partial charge in [0.25, 0.3) is 0 Å². The largest absolute Gasteiger partial charge is 0.376 e. The van der Waals surface area contributed by atoms with Gasteiger partial charge in [-0.15, -0.1) is 0 Å². The molecule has 1 aliphatic rings. The fraction of sp³-hybridized carbons (Fsp3) is 0.750. The molecule has 0 aromatic carbocycles. The number of ether oxygens (including phenoxy) is 2. The summed E-state index contributed by atoms with van der Waals surface area (Å²) in [5.41, 5.74) is 0. The molecule has 0 spiro atoms. The summed E-state index contributed by atoms with van der Waals surface area (Å²) in [4.78, 5) is 4.36. The van der Waals surface area contributed by atoms with Gasteiger partial charge in [-0.25, -0.2) is 4.98 Å². The highest BCUT2D eigenvalue weighted by Gasteiger charge is 2.19. The van der Waals surface area contributed by atoms with Crippen molar-refractivity contribution in [3.63, 3.8) is 0 Å². The average molecular weight is 224 g/mol. The van der Waals surface area contributed by atoms with Gasteiger partial charge in [0.15, 0.2) is 0 Å². The molecule has 0 radical (unpaired) electrons. The van der Waals surface area contributed by atoms with E-state index in [1.54, 1.807) is 0 Å². The lowest BCUT2D eigenvalue weighted by Crippen LogP contribution is -2.18. The first kappa shape index (κ1) is 11.6. The predicted molar refractivity (Wildman–Crippen MR) is 61.2 cm³/mol. The van der Waals surface area contributed by atoms with Gasteiger partial charge in [-0.05, 0) is 26.7 Å². The van der Waals surface area contributed by atoms with Crippen molar-refractivity contribution in [1.82, 2.24) is 9.55 Å². The average Bonchev–Trinajstić information content (AvgIpc) is 2.90. The Morgan fingerprint density at radius 1 is 1.69 bits per heavy atom. The molecule has 0 amide bonds. The van der Waals surface area contributed by atoms with Crippen molar-refractivity contribution >= 4 is 0 Å². The van der Waals surface area contributed by atoms with Crippen LogP contribution in [0, 0.1) is 0 Å². The van der Waals surface area contributed by atoms with Crippen molar-refractivity contribution in [2.24, 2.45) is 0 Å². The molecule has 2 heterocycles. The maximum Gasteiger partial charge on any atom is 0.137 e.